The minimum atomic E-state index is -0.850. The average Bonchev–Trinajstić information content (AvgIpc) is 1.99. The molecule has 0 saturated heterocycles. The molecule has 1 rings (SSSR count). The highest BCUT2D eigenvalue weighted by Crippen LogP contribution is 2.21. The van der Waals surface area contributed by atoms with Crippen molar-refractivity contribution in [2.75, 3.05) is 5.73 Å². The number of aliphatic carboxylic acids is 1. The molecule has 0 aromatic carbocycles. The van der Waals surface area contributed by atoms with E-state index in [1.807, 2.05) is 0 Å². The Morgan fingerprint density at radius 2 is 2.13 bits per heavy atom. The van der Waals surface area contributed by atoms with E-state index >= 15 is 0 Å². The maximum atomic E-state index is 10.9. The lowest BCUT2D eigenvalue weighted by atomic mass is 9.88. The minimum Gasteiger partial charge on any atom is -0.481 e. The van der Waals surface area contributed by atoms with Crippen LogP contribution in [-0.2, 0) is 11.2 Å². The molecule has 5 nitrogen and oxygen atoms in total. The van der Waals surface area contributed by atoms with E-state index in [0.29, 0.717) is 23.8 Å². The molecule has 82 valence electrons. The van der Waals surface area contributed by atoms with Crippen LogP contribution in [0.15, 0.2) is 6.07 Å². The molecule has 0 aliphatic heterocycles. The molecule has 5 heteroatoms. The molecule has 3 N–H and O–H groups in total. The van der Waals surface area contributed by atoms with E-state index in [1.165, 1.54) is 0 Å². The number of carbonyl (C=O) groups is 1. The molecule has 1 aromatic heterocycles. The number of nitrogen functional groups attached to an aromatic ring is 1. The zero-order valence-corrected chi connectivity index (χ0v) is 9.11. The van der Waals surface area contributed by atoms with Crippen LogP contribution in [0, 0.1) is 12.3 Å². The van der Waals surface area contributed by atoms with Crippen LogP contribution in [0.3, 0.4) is 0 Å². The van der Waals surface area contributed by atoms with Crippen molar-refractivity contribution in [3.63, 3.8) is 0 Å². The van der Waals surface area contributed by atoms with Crippen molar-refractivity contribution >= 4 is 11.8 Å². The van der Waals surface area contributed by atoms with E-state index in [2.05, 4.69) is 9.97 Å². The van der Waals surface area contributed by atoms with Crippen LogP contribution in [0.5, 0.6) is 0 Å². The first kappa shape index (κ1) is 11.4. The third-order valence-electron chi connectivity index (χ3n) is 2.11. The van der Waals surface area contributed by atoms with Crippen LogP contribution in [0.25, 0.3) is 0 Å². The van der Waals surface area contributed by atoms with Gasteiger partial charge < -0.3 is 10.8 Å². The van der Waals surface area contributed by atoms with Gasteiger partial charge in [0.05, 0.1) is 5.41 Å². The van der Waals surface area contributed by atoms with Crippen LogP contribution in [-0.4, -0.2) is 21.0 Å². The number of nitrogens with zero attached hydrogens (tertiary/aromatic N) is 2. The molecule has 0 radical (unpaired) electrons. The number of carboxylic acid groups (broad SMARTS) is 1. The van der Waals surface area contributed by atoms with Gasteiger partial charge in [0.2, 0.25) is 0 Å². The van der Waals surface area contributed by atoms with E-state index in [9.17, 15) is 4.79 Å². The first-order chi connectivity index (χ1) is 6.81. The summed E-state index contributed by atoms with van der Waals surface area (Å²) in [6.07, 6.45) is 0.343. The highest BCUT2D eigenvalue weighted by atomic mass is 16.4. The van der Waals surface area contributed by atoms with Crippen LogP contribution >= 0.6 is 0 Å². The standard InChI is InChI=1S/C10H15N3O2/c1-6-12-7(4-8(11)13-6)5-10(2,3)9(14)15/h4H,5H2,1-3H3,(H,14,15)(H2,11,12,13). The molecule has 15 heavy (non-hydrogen) atoms. The smallest absolute Gasteiger partial charge is 0.309 e. The molecule has 0 saturated carbocycles. The Kier molecular flexibility index (Phi) is 2.93. The molecule has 0 aliphatic rings. The Labute approximate surface area is 88.4 Å². The third kappa shape index (κ3) is 2.90. The van der Waals surface area contributed by atoms with Crippen molar-refractivity contribution in [1.29, 1.82) is 0 Å². The van der Waals surface area contributed by atoms with Gasteiger partial charge in [0.15, 0.2) is 0 Å². The fourth-order valence-corrected chi connectivity index (χ4v) is 1.27. The minimum absolute atomic E-state index is 0.343. The van der Waals surface area contributed by atoms with E-state index < -0.39 is 11.4 Å². The maximum absolute atomic E-state index is 10.9. The molecule has 0 aliphatic carbocycles. The monoisotopic (exact) mass is 209 g/mol. The fourth-order valence-electron chi connectivity index (χ4n) is 1.27. The molecular weight excluding hydrogens is 194 g/mol. The number of carboxylic acids is 1. The summed E-state index contributed by atoms with van der Waals surface area (Å²) in [5.41, 5.74) is 5.38. The Balaban J connectivity index is 2.94. The number of hydrogen-bond acceptors (Lipinski definition) is 4. The summed E-state index contributed by atoms with van der Waals surface area (Å²) in [5.74, 6) is 0.0854. The maximum Gasteiger partial charge on any atom is 0.309 e. The van der Waals surface area contributed by atoms with Gasteiger partial charge in [0.25, 0.3) is 0 Å². The van der Waals surface area contributed by atoms with Gasteiger partial charge in [-0.05, 0) is 20.8 Å². The van der Waals surface area contributed by atoms with Crippen molar-refractivity contribution in [1.82, 2.24) is 9.97 Å². The molecule has 1 heterocycles. The van der Waals surface area contributed by atoms with Gasteiger partial charge in [-0.15, -0.1) is 0 Å². The van der Waals surface area contributed by atoms with E-state index in [0.717, 1.165) is 0 Å². The Morgan fingerprint density at radius 3 is 2.60 bits per heavy atom. The number of anilines is 1. The molecule has 0 unspecified atom stereocenters. The lowest BCUT2D eigenvalue weighted by Crippen LogP contribution is -2.26. The van der Waals surface area contributed by atoms with E-state index in [-0.39, 0.29) is 0 Å². The quantitative estimate of drug-likeness (QED) is 0.775. The van der Waals surface area contributed by atoms with Crippen molar-refractivity contribution in [3.8, 4) is 0 Å². The van der Waals surface area contributed by atoms with Gasteiger partial charge >= 0.3 is 5.97 Å². The summed E-state index contributed by atoms with van der Waals surface area (Å²) in [7, 11) is 0. The zero-order valence-electron chi connectivity index (χ0n) is 9.11. The molecule has 0 amide bonds. The molecule has 0 bridgehead atoms. The van der Waals surface area contributed by atoms with Gasteiger partial charge in [0, 0.05) is 18.2 Å². The third-order valence-corrected chi connectivity index (χ3v) is 2.11. The largest absolute Gasteiger partial charge is 0.481 e. The molecular formula is C10H15N3O2. The highest BCUT2D eigenvalue weighted by Gasteiger charge is 2.28. The normalized spacial score (nSPS) is 11.4. The lowest BCUT2D eigenvalue weighted by Gasteiger charge is -2.18. The second kappa shape index (κ2) is 3.84. The van der Waals surface area contributed by atoms with E-state index in [4.69, 9.17) is 10.8 Å². The van der Waals surface area contributed by atoms with Crippen molar-refractivity contribution in [2.45, 2.75) is 27.2 Å². The number of aromatic nitrogens is 2. The van der Waals surface area contributed by atoms with Crippen molar-refractivity contribution in [2.24, 2.45) is 5.41 Å². The van der Waals surface area contributed by atoms with Gasteiger partial charge in [0.1, 0.15) is 11.6 Å². The molecule has 0 fully saturated rings. The average molecular weight is 209 g/mol. The van der Waals surface area contributed by atoms with Gasteiger partial charge in [-0.3, -0.25) is 4.79 Å². The summed E-state index contributed by atoms with van der Waals surface area (Å²) >= 11 is 0. The Hall–Kier alpha value is -1.65. The predicted molar refractivity (Wildman–Crippen MR) is 56.3 cm³/mol. The first-order valence-electron chi connectivity index (χ1n) is 4.65. The van der Waals surface area contributed by atoms with Gasteiger partial charge in [-0.2, -0.15) is 0 Å². The summed E-state index contributed by atoms with van der Waals surface area (Å²) in [5, 5.41) is 8.97. The summed E-state index contributed by atoms with van der Waals surface area (Å²) in [6.45, 7) is 5.04. The number of rotatable bonds is 3. The molecule has 0 spiro atoms. The molecule has 1 aromatic rings. The Morgan fingerprint density at radius 1 is 1.53 bits per heavy atom. The zero-order chi connectivity index (χ0) is 11.6. The summed E-state index contributed by atoms with van der Waals surface area (Å²) in [6, 6.07) is 1.61. The SMILES string of the molecule is Cc1nc(N)cc(CC(C)(C)C(=O)O)n1. The van der Waals surface area contributed by atoms with E-state index in [1.54, 1.807) is 26.8 Å². The number of hydrogen-bond donors (Lipinski definition) is 2. The number of nitrogens with two attached hydrogens (primary N) is 1. The predicted octanol–water partition coefficient (Wildman–Crippen LogP) is 1.02. The van der Waals surface area contributed by atoms with Crippen molar-refractivity contribution in [3.05, 3.63) is 17.6 Å². The van der Waals surface area contributed by atoms with Crippen molar-refractivity contribution < 1.29 is 9.90 Å². The summed E-state index contributed by atoms with van der Waals surface area (Å²) in [4.78, 5) is 19.0. The summed E-state index contributed by atoms with van der Waals surface area (Å²) < 4.78 is 0. The second-order valence-corrected chi connectivity index (χ2v) is 4.20. The lowest BCUT2D eigenvalue weighted by molar-refractivity contribution is -0.146. The Bertz CT molecular complexity index is 368. The number of aryl methyl sites for hydroxylation is 1. The first-order valence-corrected chi connectivity index (χ1v) is 4.65. The van der Waals surface area contributed by atoms with Gasteiger partial charge in [-0.25, -0.2) is 9.97 Å². The topological polar surface area (TPSA) is 89.1 Å². The van der Waals surface area contributed by atoms with Crippen LogP contribution in [0.4, 0.5) is 5.82 Å². The van der Waals surface area contributed by atoms with Gasteiger partial charge in [-0.1, -0.05) is 0 Å². The van der Waals surface area contributed by atoms with Crippen LogP contribution in [0.2, 0.25) is 0 Å². The highest BCUT2D eigenvalue weighted by molar-refractivity contribution is 5.73. The fraction of sp³-hybridized carbons (Fsp3) is 0.500. The molecule has 0 atom stereocenters. The second-order valence-electron chi connectivity index (χ2n) is 4.20. The van der Waals surface area contributed by atoms with Crippen LogP contribution in [0.1, 0.15) is 25.4 Å². The van der Waals surface area contributed by atoms with Crippen LogP contribution < -0.4 is 5.73 Å².